The third-order valence-electron chi connectivity index (χ3n) is 4.59. The smallest absolute Gasteiger partial charge is 0.227 e. The molecule has 0 radical (unpaired) electrons. The van der Waals surface area contributed by atoms with Crippen molar-refractivity contribution in [1.82, 2.24) is 9.80 Å². The van der Waals surface area contributed by atoms with Gasteiger partial charge >= 0.3 is 0 Å². The second kappa shape index (κ2) is 7.62. The molecule has 23 heavy (non-hydrogen) atoms. The number of carbonyl (C=O) groups excluding carboxylic acids is 1. The highest BCUT2D eigenvalue weighted by molar-refractivity contribution is 7.99. The maximum Gasteiger partial charge on any atom is 0.227 e. The van der Waals surface area contributed by atoms with Gasteiger partial charge in [-0.3, -0.25) is 9.69 Å². The molecule has 0 N–H and O–H groups in total. The lowest BCUT2D eigenvalue weighted by Gasteiger charge is -2.36. The third-order valence-corrected chi connectivity index (χ3v) is 5.53. The molecule has 0 aliphatic carbocycles. The van der Waals surface area contributed by atoms with Gasteiger partial charge in [-0.05, 0) is 25.5 Å². The summed E-state index contributed by atoms with van der Waals surface area (Å²) in [4.78, 5) is 16.7. The van der Waals surface area contributed by atoms with Gasteiger partial charge in [-0.25, -0.2) is 8.78 Å². The molecular weight excluding hydrogens is 318 g/mol. The number of hydrogen-bond donors (Lipinski definition) is 0. The Morgan fingerprint density at radius 3 is 2.74 bits per heavy atom. The number of likely N-dealkylation sites (tertiary alicyclic amines) is 1. The SMILES string of the molecule is O=C(C1CCCN(Cc2ccc(F)cc2F)C1)N1CCSCC1. The van der Waals surface area contributed by atoms with Crippen molar-refractivity contribution in [2.45, 2.75) is 19.4 Å². The molecule has 2 aliphatic heterocycles. The Morgan fingerprint density at radius 2 is 2.00 bits per heavy atom. The molecule has 1 unspecified atom stereocenters. The predicted octanol–water partition coefficient (Wildman–Crippen LogP) is 2.75. The molecule has 3 nitrogen and oxygen atoms in total. The van der Waals surface area contributed by atoms with Crippen LogP contribution in [0.15, 0.2) is 18.2 Å². The highest BCUT2D eigenvalue weighted by Gasteiger charge is 2.30. The van der Waals surface area contributed by atoms with Gasteiger partial charge in [0.25, 0.3) is 0 Å². The number of amides is 1. The maximum atomic E-state index is 13.8. The first-order chi connectivity index (χ1) is 11.1. The molecule has 3 rings (SSSR count). The van der Waals surface area contributed by atoms with Gasteiger partial charge in [-0.2, -0.15) is 11.8 Å². The fourth-order valence-electron chi connectivity index (χ4n) is 3.33. The number of halogens is 2. The van der Waals surface area contributed by atoms with Gasteiger partial charge in [-0.15, -0.1) is 0 Å². The molecule has 0 aromatic heterocycles. The Bertz CT molecular complexity index is 564. The molecule has 1 aromatic carbocycles. The second-order valence-corrected chi connectivity index (χ2v) is 7.47. The molecule has 0 saturated carbocycles. The molecule has 2 aliphatic rings. The Kier molecular flexibility index (Phi) is 5.54. The number of carbonyl (C=O) groups is 1. The van der Waals surface area contributed by atoms with Crippen LogP contribution in [0.3, 0.4) is 0 Å². The number of benzene rings is 1. The zero-order valence-electron chi connectivity index (χ0n) is 13.1. The van der Waals surface area contributed by atoms with Gasteiger partial charge in [0.15, 0.2) is 0 Å². The summed E-state index contributed by atoms with van der Waals surface area (Å²) in [6.45, 7) is 3.64. The first-order valence-corrected chi connectivity index (χ1v) is 9.32. The average molecular weight is 340 g/mol. The Hall–Kier alpha value is -1.14. The molecular formula is C17H22F2N2OS. The highest BCUT2D eigenvalue weighted by Crippen LogP contribution is 2.23. The van der Waals surface area contributed by atoms with E-state index < -0.39 is 11.6 Å². The highest BCUT2D eigenvalue weighted by atomic mass is 32.2. The summed E-state index contributed by atoms with van der Waals surface area (Å²) >= 11 is 1.89. The molecule has 2 heterocycles. The van der Waals surface area contributed by atoms with E-state index in [2.05, 4.69) is 4.90 Å². The monoisotopic (exact) mass is 340 g/mol. The minimum Gasteiger partial charge on any atom is -0.341 e. The van der Waals surface area contributed by atoms with Crippen molar-refractivity contribution in [2.75, 3.05) is 37.7 Å². The molecule has 1 amide bonds. The minimum atomic E-state index is -0.555. The van der Waals surface area contributed by atoms with Crippen LogP contribution in [0.5, 0.6) is 0 Å². The van der Waals surface area contributed by atoms with E-state index >= 15 is 0 Å². The van der Waals surface area contributed by atoms with E-state index in [9.17, 15) is 13.6 Å². The Labute approximate surface area is 140 Å². The summed E-state index contributed by atoms with van der Waals surface area (Å²) in [5.74, 6) is 1.23. The van der Waals surface area contributed by atoms with Crippen LogP contribution in [-0.4, -0.2) is 53.4 Å². The van der Waals surface area contributed by atoms with Crippen LogP contribution in [-0.2, 0) is 11.3 Å². The third kappa shape index (κ3) is 4.23. The number of piperidine rings is 1. The van der Waals surface area contributed by atoms with E-state index in [-0.39, 0.29) is 11.8 Å². The van der Waals surface area contributed by atoms with Crippen molar-refractivity contribution in [1.29, 1.82) is 0 Å². The van der Waals surface area contributed by atoms with Crippen LogP contribution in [0.4, 0.5) is 8.78 Å². The Morgan fingerprint density at radius 1 is 1.22 bits per heavy atom. The van der Waals surface area contributed by atoms with Gasteiger partial charge in [0.05, 0.1) is 5.92 Å². The van der Waals surface area contributed by atoms with Gasteiger partial charge in [0.1, 0.15) is 11.6 Å². The number of rotatable bonds is 3. The maximum absolute atomic E-state index is 13.8. The van der Waals surface area contributed by atoms with Crippen molar-refractivity contribution < 1.29 is 13.6 Å². The summed E-state index contributed by atoms with van der Waals surface area (Å²) in [5, 5.41) is 0. The van der Waals surface area contributed by atoms with Crippen LogP contribution >= 0.6 is 11.8 Å². The molecule has 126 valence electrons. The van der Waals surface area contributed by atoms with Crippen molar-refractivity contribution in [2.24, 2.45) is 5.92 Å². The van der Waals surface area contributed by atoms with Crippen molar-refractivity contribution >= 4 is 17.7 Å². The van der Waals surface area contributed by atoms with Gasteiger partial charge < -0.3 is 4.90 Å². The molecule has 0 spiro atoms. The van der Waals surface area contributed by atoms with Crippen LogP contribution in [0.1, 0.15) is 18.4 Å². The van der Waals surface area contributed by atoms with Crippen LogP contribution in [0, 0.1) is 17.6 Å². The van der Waals surface area contributed by atoms with Gasteiger partial charge in [0.2, 0.25) is 5.91 Å². The quantitative estimate of drug-likeness (QED) is 0.845. The van der Waals surface area contributed by atoms with Crippen LogP contribution in [0.25, 0.3) is 0 Å². The van der Waals surface area contributed by atoms with Crippen molar-refractivity contribution in [3.05, 3.63) is 35.4 Å². The van der Waals surface area contributed by atoms with Gasteiger partial charge in [0, 0.05) is 49.3 Å². The number of hydrogen-bond acceptors (Lipinski definition) is 3. The van der Waals surface area contributed by atoms with E-state index in [1.807, 2.05) is 16.7 Å². The van der Waals surface area contributed by atoms with Crippen LogP contribution in [0.2, 0.25) is 0 Å². The molecule has 6 heteroatoms. The fourth-order valence-corrected chi connectivity index (χ4v) is 4.24. The lowest BCUT2D eigenvalue weighted by molar-refractivity contribution is -0.137. The van der Waals surface area contributed by atoms with E-state index in [0.717, 1.165) is 50.0 Å². The normalized spacial score (nSPS) is 23.0. The average Bonchev–Trinajstić information content (AvgIpc) is 2.58. The second-order valence-electron chi connectivity index (χ2n) is 6.25. The van der Waals surface area contributed by atoms with Gasteiger partial charge in [-0.1, -0.05) is 6.07 Å². The lowest BCUT2D eigenvalue weighted by atomic mass is 9.96. The summed E-state index contributed by atoms with van der Waals surface area (Å²) < 4.78 is 26.8. The Balaban J connectivity index is 1.60. The van der Waals surface area contributed by atoms with E-state index in [0.29, 0.717) is 18.7 Å². The minimum absolute atomic E-state index is 0.00959. The predicted molar refractivity (Wildman–Crippen MR) is 88.3 cm³/mol. The molecule has 0 bridgehead atoms. The van der Waals surface area contributed by atoms with E-state index in [1.54, 1.807) is 0 Å². The van der Waals surface area contributed by atoms with E-state index in [1.165, 1.54) is 12.1 Å². The largest absolute Gasteiger partial charge is 0.341 e. The first kappa shape index (κ1) is 16.7. The van der Waals surface area contributed by atoms with Crippen LogP contribution < -0.4 is 0 Å². The molecule has 1 aromatic rings. The summed E-state index contributed by atoms with van der Waals surface area (Å²) in [7, 11) is 0. The summed E-state index contributed by atoms with van der Waals surface area (Å²) in [6, 6.07) is 3.71. The molecule has 2 saturated heterocycles. The summed E-state index contributed by atoms with van der Waals surface area (Å²) in [5.41, 5.74) is 0.494. The first-order valence-electron chi connectivity index (χ1n) is 8.16. The topological polar surface area (TPSA) is 23.6 Å². The zero-order chi connectivity index (χ0) is 16.2. The number of thioether (sulfide) groups is 1. The van der Waals surface area contributed by atoms with Crippen molar-refractivity contribution in [3.8, 4) is 0 Å². The molecule has 2 fully saturated rings. The summed E-state index contributed by atoms with van der Waals surface area (Å²) in [6.07, 6.45) is 1.85. The standard InChI is InChI=1S/C17H22F2N2OS/c18-15-4-3-13(16(19)10-15)11-20-5-1-2-14(12-20)17(22)21-6-8-23-9-7-21/h3-4,10,14H,1-2,5-9,11-12H2. The molecule has 1 atom stereocenters. The number of nitrogens with zero attached hydrogens (tertiary/aromatic N) is 2. The van der Waals surface area contributed by atoms with Crippen molar-refractivity contribution in [3.63, 3.8) is 0 Å². The fraction of sp³-hybridized carbons (Fsp3) is 0.588. The zero-order valence-corrected chi connectivity index (χ0v) is 14.0. The van der Waals surface area contributed by atoms with E-state index in [4.69, 9.17) is 0 Å². The lowest BCUT2D eigenvalue weighted by Crippen LogP contribution is -2.47.